The van der Waals surface area contributed by atoms with Crippen LogP contribution in [0.25, 0.3) is 0 Å². The summed E-state index contributed by atoms with van der Waals surface area (Å²) >= 11 is 3.03. The molecular formula is C12H13N3OS2. The molecule has 0 aliphatic heterocycles. The van der Waals surface area contributed by atoms with Crippen LogP contribution in [-0.2, 0) is 11.2 Å². The summed E-state index contributed by atoms with van der Waals surface area (Å²) in [5.74, 6) is 1.34. The smallest absolute Gasteiger partial charge is 0.236 e. The Labute approximate surface area is 114 Å². The zero-order chi connectivity index (χ0) is 12.6. The molecule has 2 rings (SSSR count). The molecule has 0 aliphatic carbocycles. The highest BCUT2D eigenvalue weighted by Crippen LogP contribution is 2.11. The molecule has 0 fully saturated rings. The second-order valence-corrected chi connectivity index (χ2v) is 5.51. The van der Waals surface area contributed by atoms with E-state index in [4.69, 9.17) is 0 Å². The number of nitrogens with one attached hydrogen (secondary N) is 1. The number of amides is 1. The number of carbonyl (C=O) groups excluding carboxylic acids is 1. The number of thioether (sulfide) groups is 1. The van der Waals surface area contributed by atoms with Crippen molar-refractivity contribution >= 4 is 34.1 Å². The fourth-order valence-electron chi connectivity index (χ4n) is 1.33. The highest BCUT2D eigenvalue weighted by atomic mass is 32.2. The summed E-state index contributed by atoms with van der Waals surface area (Å²) in [6, 6.07) is 5.87. The topological polar surface area (TPSA) is 54.9 Å². The van der Waals surface area contributed by atoms with Crippen LogP contribution in [0.3, 0.4) is 0 Å². The molecule has 0 bridgehead atoms. The van der Waals surface area contributed by atoms with E-state index in [1.807, 2.05) is 23.6 Å². The second kappa shape index (κ2) is 7.13. The van der Waals surface area contributed by atoms with Crippen LogP contribution in [-0.4, -0.2) is 27.4 Å². The van der Waals surface area contributed by atoms with E-state index in [1.54, 1.807) is 24.2 Å². The molecule has 0 spiro atoms. The molecule has 2 aromatic rings. The van der Waals surface area contributed by atoms with E-state index < -0.39 is 0 Å². The molecule has 0 saturated heterocycles. The van der Waals surface area contributed by atoms with E-state index in [2.05, 4.69) is 15.3 Å². The fraction of sp³-hybridized carbons (Fsp3) is 0.250. The summed E-state index contributed by atoms with van der Waals surface area (Å²) in [5.41, 5.74) is 1.06. The maximum absolute atomic E-state index is 11.5. The van der Waals surface area contributed by atoms with Crippen molar-refractivity contribution in [1.29, 1.82) is 0 Å². The first-order valence-electron chi connectivity index (χ1n) is 5.51. The lowest BCUT2D eigenvalue weighted by atomic mass is 10.3. The van der Waals surface area contributed by atoms with E-state index in [9.17, 15) is 4.79 Å². The van der Waals surface area contributed by atoms with Gasteiger partial charge in [-0.25, -0.2) is 4.98 Å². The Kier molecular flexibility index (Phi) is 5.16. The Morgan fingerprint density at radius 2 is 2.28 bits per heavy atom. The van der Waals surface area contributed by atoms with E-state index in [0.29, 0.717) is 10.9 Å². The van der Waals surface area contributed by atoms with Crippen molar-refractivity contribution in [3.05, 3.63) is 41.7 Å². The molecule has 0 radical (unpaired) electrons. The van der Waals surface area contributed by atoms with E-state index in [-0.39, 0.29) is 5.91 Å². The molecule has 0 saturated carbocycles. The third-order valence-electron chi connectivity index (χ3n) is 2.14. The van der Waals surface area contributed by atoms with Gasteiger partial charge in [0.2, 0.25) is 5.91 Å². The Hall–Kier alpha value is -1.40. The molecule has 2 aromatic heterocycles. The van der Waals surface area contributed by atoms with Gasteiger partial charge < -0.3 is 5.32 Å². The SMILES string of the molecule is O=C(CSCCc1ccccn1)Nc1nccs1. The van der Waals surface area contributed by atoms with Crippen molar-refractivity contribution in [3.63, 3.8) is 0 Å². The van der Waals surface area contributed by atoms with Gasteiger partial charge in [-0.05, 0) is 24.3 Å². The Morgan fingerprint density at radius 1 is 1.33 bits per heavy atom. The minimum atomic E-state index is -0.00373. The lowest BCUT2D eigenvalue weighted by Crippen LogP contribution is -2.14. The number of hydrogen-bond donors (Lipinski definition) is 1. The van der Waals surface area contributed by atoms with Crippen LogP contribution in [0.2, 0.25) is 0 Å². The summed E-state index contributed by atoms with van der Waals surface area (Å²) in [6.07, 6.45) is 4.35. The van der Waals surface area contributed by atoms with Crippen LogP contribution in [0, 0.1) is 0 Å². The van der Waals surface area contributed by atoms with Crippen LogP contribution in [0.15, 0.2) is 36.0 Å². The molecule has 6 heteroatoms. The number of carbonyl (C=O) groups is 1. The van der Waals surface area contributed by atoms with E-state index in [1.165, 1.54) is 11.3 Å². The molecule has 0 aliphatic rings. The van der Waals surface area contributed by atoms with E-state index >= 15 is 0 Å². The first-order chi connectivity index (χ1) is 8.84. The molecule has 0 unspecified atom stereocenters. The predicted octanol–water partition coefficient (Wildman–Crippen LogP) is 2.45. The summed E-state index contributed by atoms with van der Waals surface area (Å²) in [7, 11) is 0. The first-order valence-corrected chi connectivity index (χ1v) is 7.55. The van der Waals surface area contributed by atoms with Crippen molar-refractivity contribution in [1.82, 2.24) is 9.97 Å². The maximum Gasteiger partial charge on any atom is 0.236 e. The standard InChI is InChI=1S/C12H13N3OS2/c16-11(15-12-14-6-8-18-12)9-17-7-4-10-3-1-2-5-13-10/h1-3,5-6,8H,4,7,9H2,(H,14,15,16). The molecule has 0 atom stereocenters. The Morgan fingerprint density at radius 3 is 3.00 bits per heavy atom. The molecule has 18 heavy (non-hydrogen) atoms. The monoisotopic (exact) mass is 279 g/mol. The molecular weight excluding hydrogens is 266 g/mol. The average Bonchev–Trinajstić information content (AvgIpc) is 2.89. The number of anilines is 1. The first kappa shape index (κ1) is 13.0. The quantitative estimate of drug-likeness (QED) is 0.825. The predicted molar refractivity (Wildman–Crippen MR) is 76.0 cm³/mol. The number of nitrogens with zero attached hydrogens (tertiary/aromatic N) is 2. The number of aryl methyl sites for hydroxylation is 1. The van der Waals surface area contributed by atoms with Crippen LogP contribution in [0.4, 0.5) is 5.13 Å². The van der Waals surface area contributed by atoms with Crippen molar-refractivity contribution in [2.45, 2.75) is 6.42 Å². The number of aromatic nitrogens is 2. The number of thiazole rings is 1. The van der Waals surface area contributed by atoms with Crippen LogP contribution in [0.1, 0.15) is 5.69 Å². The molecule has 1 amide bonds. The molecule has 0 aromatic carbocycles. The highest BCUT2D eigenvalue weighted by molar-refractivity contribution is 7.99. The van der Waals surface area contributed by atoms with Gasteiger partial charge in [0.15, 0.2) is 5.13 Å². The van der Waals surface area contributed by atoms with Gasteiger partial charge in [0, 0.05) is 23.5 Å². The highest BCUT2D eigenvalue weighted by Gasteiger charge is 2.04. The number of pyridine rings is 1. The molecule has 2 heterocycles. The molecule has 4 nitrogen and oxygen atoms in total. The zero-order valence-electron chi connectivity index (χ0n) is 9.70. The minimum absolute atomic E-state index is 0.00373. The van der Waals surface area contributed by atoms with Gasteiger partial charge in [-0.2, -0.15) is 11.8 Å². The van der Waals surface area contributed by atoms with Crippen LogP contribution < -0.4 is 5.32 Å². The van der Waals surface area contributed by atoms with Crippen molar-refractivity contribution in [2.24, 2.45) is 0 Å². The number of rotatable bonds is 6. The maximum atomic E-state index is 11.5. The fourth-order valence-corrected chi connectivity index (χ4v) is 2.63. The van der Waals surface area contributed by atoms with Gasteiger partial charge >= 0.3 is 0 Å². The third-order valence-corrected chi connectivity index (χ3v) is 3.79. The average molecular weight is 279 g/mol. The molecule has 94 valence electrons. The zero-order valence-corrected chi connectivity index (χ0v) is 11.3. The number of hydrogen-bond acceptors (Lipinski definition) is 5. The van der Waals surface area contributed by atoms with Gasteiger partial charge in [-0.3, -0.25) is 9.78 Å². The van der Waals surface area contributed by atoms with Gasteiger partial charge in [0.25, 0.3) is 0 Å². The minimum Gasteiger partial charge on any atom is -0.301 e. The van der Waals surface area contributed by atoms with Gasteiger partial charge in [0.1, 0.15) is 0 Å². The Bertz CT molecular complexity index is 473. The molecule has 1 N–H and O–H groups in total. The van der Waals surface area contributed by atoms with Crippen molar-refractivity contribution < 1.29 is 4.79 Å². The van der Waals surface area contributed by atoms with E-state index in [0.717, 1.165) is 17.9 Å². The lowest BCUT2D eigenvalue weighted by molar-refractivity contribution is -0.113. The lowest BCUT2D eigenvalue weighted by Gasteiger charge is -2.02. The summed E-state index contributed by atoms with van der Waals surface area (Å²) < 4.78 is 0. The second-order valence-electron chi connectivity index (χ2n) is 3.51. The van der Waals surface area contributed by atoms with Crippen molar-refractivity contribution in [2.75, 3.05) is 16.8 Å². The van der Waals surface area contributed by atoms with Gasteiger partial charge in [-0.15, -0.1) is 11.3 Å². The van der Waals surface area contributed by atoms with Crippen LogP contribution >= 0.6 is 23.1 Å². The summed E-state index contributed by atoms with van der Waals surface area (Å²) in [5, 5.41) is 5.25. The summed E-state index contributed by atoms with van der Waals surface area (Å²) in [4.78, 5) is 19.8. The van der Waals surface area contributed by atoms with Crippen LogP contribution in [0.5, 0.6) is 0 Å². The van der Waals surface area contributed by atoms with Crippen molar-refractivity contribution in [3.8, 4) is 0 Å². The third kappa shape index (κ3) is 4.46. The summed E-state index contributed by atoms with van der Waals surface area (Å²) in [6.45, 7) is 0. The normalized spacial score (nSPS) is 10.2. The largest absolute Gasteiger partial charge is 0.301 e. The Balaban J connectivity index is 1.62. The van der Waals surface area contributed by atoms with Gasteiger partial charge in [0.05, 0.1) is 5.75 Å². The van der Waals surface area contributed by atoms with Gasteiger partial charge in [-0.1, -0.05) is 6.07 Å².